The van der Waals surface area contributed by atoms with Crippen LogP contribution in [0.1, 0.15) is 30.0 Å². The normalized spacial score (nSPS) is 20.6. The summed E-state index contributed by atoms with van der Waals surface area (Å²) in [5, 5.41) is 3.30. The maximum Gasteiger partial charge on any atom is 0.227 e. The monoisotopic (exact) mass is 466 g/mol. The SMILES string of the molecule is CN1CCN(CC(NC(=O)C2CCCN(C(=O)Cc3ccc(F)cc3)C2)c2ccccc2)CC1. The van der Waals surface area contributed by atoms with Gasteiger partial charge in [-0.2, -0.15) is 0 Å². The molecule has 2 aliphatic rings. The predicted octanol–water partition coefficient (Wildman–Crippen LogP) is 2.71. The van der Waals surface area contributed by atoms with Gasteiger partial charge in [0.1, 0.15) is 5.82 Å². The Morgan fingerprint density at radius 1 is 1.00 bits per heavy atom. The molecule has 7 heteroatoms. The molecule has 1 N–H and O–H groups in total. The Bertz CT molecular complexity index is 945. The number of hydrogen-bond acceptors (Lipinski definition) is 4. The third kappa shape index (κ3) is 6.64. The Hall–Kier alpha value is -2.77. The smallest absolute Gasteiger partial charge is 0.227 e. The number of halogens is 1. The topological polar surface area (TPSA) is 55.9 Å². The second kappa shape index (κ2) is 11.6. The minimum atomic E-state index is -0.310. The van der Waals surface area contributed by atoms with Crippen molar-refractivity contribution in [3.05, 3.63) is 71.5 Å². The first kappa shape index (κ1) is 24.4. The van der Waals surface area contributed by atoms with Gasteiger partial charge >= 0.3 is 0 Å². The van der Waals surface area contributed by atoms with E-state index in [4.69, 9.17) is 0 Å². The lowest BCUT2D eigenvalue weighted by molar-refractivity contribution is -0.135. The fourth-order valence-electron chi connectivity index (χ4n) is 4.80. The zero-order chi connectivity index (χ0) is 23.9. The maximum atomic E-state index is 13.3. The average Bonchev–Trinajstić information content (AvgIpc) is 2.87. The summed E-state index contributed by atoms with van der Waals surface area (Å²) in [5.41, 5.74) is 1.89. The molecule has 2 fully saturated rings. The first-order valence-corrected chi connectivity index (χ1v) is 12.3. The number of nitrogens with one attached hydrogen (secondary N) is 1. The number of hydrogen-bond donors (Lipinski definition) is 1. The zero-order valence-electron chi connectivity index (χ0n) is 20.0. The van der Waals surface area contributed by atoms with Crippen molar-refractivity contribution in [1.82, 2.24) is 20.0 Å². The van der Waals surface area contributed by atoms with Gasteiger partial charge < -0.3 is 15.1 Å². The summed E-state index contributed by atoms with van der Waals surface area (Å²) in [7, 11) is 2.14. The van der Waals surface area contributed by atoms with Crippen LogP contribution in [0, 0.1) is 11.7 Å². The number of nitrogens with zero attached hydrogens (tertiary/aromatic N) is 3. The van der Waals surface area contributed by atoms with Gasteiger partial charge in [-0.25, -0.2) is 4.39 Å². The number of amides is 2. The fraction of sp³-hybridized carbons (Fsp3) is 0.481. The Balaban J connectivity index is 1.37. The molecule has 182 valence electrons. The standard InChI is InChI=1S/C27H35FN4O2/c1-30-14-16-31(17-15-30)20-25(22-6-3-2-4-7-22)29-27(34)23-8-5-13-32(19-23)26(33)18-21-9-11-24(28)12-10-21/h2-4,6-7,9-12,23,25H,5,8,13-20H2,1H3,(H,29,34). The molecule has 2 unspecified atom stereocenters. The van der Waals surface area contributed by atoms with E-state index in [-0.39, 0.29) is 36.0 Å². The molecule has 2 aromatic carbocycles. The molecule has 34 heavy (non-hydrogen) atoms. The summed E-state index contributed by atoms with van der Waals surface area (Å²) in [6.45, 7) is 5.92. The number of piperazine rings is 1. The third-order valence-electron chi connectivity index (χ3n) is 6.97. The van der Waals surface area contributed by atoms with Gasteiger partial charge in [-0.15, -0.1) is 0 Å². The van der Waals surface area contributed by atoms with Crippen LogP contribution >= 0.6 is 0 Å². The van der Waals surface area contributed by atoms with Crippen molar-refractivity contribution in [1.29, 1.82) is 0 Å². The molecule has 2 aliphatic heterocycles. The van der Waals surface area contributed by atoms with Gasteiger partial charge in [0.2, 0.25) is 11.8 Å². The predicted molar refractivity (Wildman–Crippen MR) is 131 cm³/mol. The molecular formula is C27H35FN4O2. The molecule has 0 bridgehead atoms. The number of carbonyl (C=O) groups excluding carboxylic acids is 2. The van der Waals surface area contributed by atoms with E-state index in [2.05, 4.69) is 34.3 Å². The molecule has 0 radical (unpaired) electrons. The lowest BCUT2D eigenvalue weighted by Crippen LogP contribution is -2.50. The molecule has 0 aromatic heterocycles. The van der Waals surface area contributed by atoms with E-state index in [1.165, 1.54) is 12.1 Å². The minimum Gasteiger partial charge on any atom is -0.348 e. The van der Waals surface area contributed by atoms with Crippen molar-refractivity contribution in [2.75, 3.05) is 52.9 Å². The number of benzene rings is 2. The van der Waals surface area contributed by atoms with Crippen LogP contribution in [-0.4, -0.2) is 79.4 Å². The Morgan fingerprint density at radius 3 is 2.41 bits per heavy atom. The molecule has 2 saturated heterocycles. The van der Waals surface area contributed by atoms with Crippen molar-refractivity contribution >= 4 is 11.8 Å². The summed E-state index contributed by atoms with van der Waals surface area (Å²) in [4.78, 5) is 32.7. The van der Waals surface area contributed by atoms with Crippen LogP contribution in [0.15, 0.2) is 54.6 Å². The molecule has 0 spiro atoms. The minimum absolute atomic E-state index is 0.0128. The number of likely N-dealkylation sites (tertiary alicyclic amines) is 1. The number of likely N-dealkylation sites (N-methyl/N-ethyl adjacent to an activating group) is 1. The largest absolute Gasteiger partial charge is 0.348 e. The number of carbonyl (C=O) groups is 2. The molecule has 2 atom stereocenters. The van der Waals surface area contributed by atoms with Crippen molar-refractivity contribution in [3.63, 3.8) is 0 Å². The zero-order valence-corrected chi connectivity index (χ0v) is 20.0. The summed E-state index contributed by atoms with van der Waals surface area (Å²) >= 11 is 0. The Kier molecular flexibility index (Phi) is 8.29. The van der Waals surface area contributed by atoms with Gasteiger partial charge in [0, 0.05) is 45.8 Å². The van der Waals surface area contributed by atoms with Crippen LogP contribution in [0.3, 0.4) is 0 Å². The highest BCUT2D eigenvalue weighted by Crippen LogP contribution is 2.21. The molecule has 0 aliphatic carbocycles. The second-order valence-electron chi connectivity index (χ2n) is 9.56. The second-order valence-corrected chi connectivity index (χ2v) is 9.56. The first-order chi connectivity index (χ1) is 16.5. The van der Waals surface area contributed by atoms with E-state index >= 15 is 0 Å². The number of rotatable bonds is 7. The van der Waals surface area contributed by atoms with Gasteiger partial charge in [0.25, 0.3) is 0 Å². The molecule has 0 saturated carbocycles. The lowest BCUT2D eigenvalue weighted by atomic mass is 9.95. The van der Waals surface area contributed by atoms with Crippen molar-refractivity contribution < 1.29 is 14.0 Å². The van der Waals surface area contributed by atoms with Crippen molar-refractivity contribution in [3.8, 4) is 0 Å². The first-order valence-electron chi connectivity index (χ1n) is 12.3. The molecular weight excluding hydrogens is 431 g/mol. The van der Waals surface area contributed by atoms with Crippen LogP contribution in [0.25, 0.3) is 0 Å². The van der Waals surface area contributed by atoms with Crippen molar-refractivity contribution in [2.24, 2.45) is 5.92 Å². The van der Waals surface area contributed by atoms with Crippen LogP contribution in [0.2, 0.25) is 0 Å². The molecule has 6 nitrogen and oxygen atoms in total. The average molecular weight is 467 g/mol. The summed E-state index contributed by atoms with van der Waals surface area (Å²) < 4.78 is 13.2. The van der Waals surface area contributed by atoms with Crippen LogP contribution in [0.5, 0.6) is 0 Å². The summed E-state index contributed by atoms with van der Waals surface area (Å²) in [6, 6.07) is 16.1. The highest BCUT2D eigenvalue weighted by atomic mass is 19.1. The van der Waals surface area contributed by atoms with Gasteiger partial charge in [0.15, 0.2) is 0 Å². The highest BCUT2D eigenvalue weighted by Gasteiger charge is 2.30. The Morgan fingerprint density at radius 2 is 1.71 bits per heavy atom. The third-order valence-corrected chi connectivity index (χ3v) is 6.97. The van der Waals surface area contributed by atoms with E-state index in [9.17, 15) is 14.0 Å². The van der Waals surface area contributed by atoms with Crippen LogP contribution in [-0.2, 0) is 16.0 Å². The van der Waals surface area contributed by atoms with E-state index in [0.717, 1.165) is 56.7 Å². The van der Waals surface area contributed by atoms with Gasteiger partial charge in [-0.1, -0.05) is 42.5 Å². The molecule has 4 rings (SSSR count). The quantitative estimate of drug-likeness (QED) is 0.682. The highest BCUT2D eigenvalue weighted by molar-refractivity contribution is 5.82. The maximum absolute atomic E-state index is 13.3. The van der Waals surface area contributed by atoms with Crippen molar-refractivity contribution in [2.45, 2.75) is 25.3 Å². The van der Waals surface area contributed by atoms with E-state index in [1.807, 2.05) is 18.2 Å². The van der Waals surface area contributed by atoms with Crippen LogP contribution in [0.4, 0.5) is 4.39 Å². The lowest BCUT2D eigenvalue weighted by Gasteiger charge is -2.36. The Labute approximate surface area is 201 Å². The van der Waals surface area contributed by atoms with E-state index in [0.29, 0.717) is 13.1 Å². The van der Waals surface area contributed by atoms with Crippen LogP contribution < -0.4 is 5.32 Å². The number of piperidine rings is 1. The molecule has 2 aromatic rings. The summed E-state index contributed by atoms with van der Waals surface area (Å²) in [6.07, 6.45) is 1.81. The summed E-state index contributed by atoms with van der Waals surface area (Å²) in [5.74, 6) is -0.525. The molecule has 2 heterocycles. The van der Waals surface area contributed by atoms with Gasteiger partial charge in [-0.05, 0) is 43.1 Å². The van der Waals surface area contributed by atoms with E-state index in [1.54, 1.807) is 17.0 Å². The van der Waals surface area contributed by atoms with E-state index < -0.39 is 0 Å². The fourth-order valence-corrected chi connectivity index (χ4v) is 4.80. The van der Waals surface area contributed by atoms with Gasteiger partial charge in [0.05, 0.1) is 18.4 Å². The molecule has 2 amide bonds. The van der Waals surface area contributed by atoms with Gasteiger partial charge in [-0.3, -0.25) is 14.5 Å².